The van der Waals surface area contributed by atoms with E-state index in [-0.39, 0.29) is 5.92 Å². The molecule has 1 aromatic heterocycles. The Kier molecular flexibility index (Phi) is 3.52. The number of rotatable bonds is 3. The van der Waals surface area contributed by atoms with Crippen molar-refractivity contribution in [3.63, 3.8) is 0 Å². The second-order valence-corrected chi connectivity index (χ2v) is 4.47. The summed E-state index contributed by atoms with van der Waals surface area (Å²) in [5.74, 6) is 0.210. The normalized spacial score (nSPS) is 12.1. The van der Waals surface area contributed by atoms with Gasteiger partial charge in [0, 0.05) is 22.8 Å². The fourth-order valence-electron chi connectivity index (χ4n) is 1.69. The predicted octanol–water partition coefficient (Wildman–Crippen LogP) is 4.16. The van der Waals surface area contributed by atoms with Crippen molar-refractivity contribution >= 4 is 15.9 Å². The average molecular weight is 274 g/mol. The van der Waals surface area contributed by atoms with Gasteiger partial charge in [0.2, 0.25) is 0 Å². The molecule has 1 nitrogen and oxygen atoms in total. The van der Waals surface area contributed by atoms with Crippen molar-refractivity contribution in [2.24, 2.45) is 0 Å². The lowest BCUT2D eigenvalue weighted by Gasteiger charge is -2.12. The Morgan fingerprint density at radius 1 is 1.12 bits per heavy atom. The zero-order valence-electron chi connectivity index (χ0n) is 8.81. The summed E-state index contributed by atoms with van der Waals surface area (Å²) in [6.07, 6.45) is 5.61. The molecule has 0 amide bonds. The lowest BCUT2D eigenvalue weighted by atomic mass is 9.93. The van der Waals surface area contributed by atoms with Crippen molar-refractivity contribution in [2.45, 2.75) is 5.92 Å². The molecule has 0 aliphatic rings. The molecule has 0 saturated carbocycles. The number of halogens is 1. The Labute approximate surface area is 104 Å². The molecule has 16 heavy (non-hydrogen) atoms. The SMILES string of the molecule is C=CC(c1ccc(Br)cc1)c1cccnc1. The minimum absolute atomic E-state index is 0.210. The Balaban J connectivity index is 2.37. The van der Waals surface area contributed by atoms with Crippen LogP contribution in [0, 0.1) is 0 Å². The van der Waals surface area contributed by atoms with Crippen LogP contribution < -0.4 is 0 Å². The zero-order chi connectivity index (χ0) is 11.4. The highest BCUT2D eigenvalue weighted by Crippen LogP contribution is 2.26. The van der Waals surface area contributed by atoms with Gasteiger partial charge in [0.25, 0.3) is 0 Å². The van der Waals surface area contributed by atoms with Gasteiger partial charge in [-0.05, 0) is 29.3 Å². The van der Waals surface area contributed by atoms with Gasteiger partial charge in [0.05, 0.1) is 0 Å². The van der Waals surface area contributed by atoms with Gasteiger partial charge in [-0.15, -0.1) is 6.58 Å². The monoisotopic (exact) mass is 273 g/mol. The third-order valence-electron chi connectivity index (χ3n) is 2.51. The fraction of sp³-hybridized carbons (Fsp3) is 0.0714. The molecule has 1 aromatic carbocycles. The van der Waals surface area contributed by atoms with E-state index < -0.39 is 0 Å². The van der Waals surface area contributed by atoms with E-state index in [0.29, 0.717) is 0 Å². The van der Waals surface area contributed by atoms with Crippen LogP contribution in [-0.4, -0.2) is 4.98 Å². The van der Waals surface area contributed by atoms with Gasteiger partial charge in [-0.1, -0.05) is 40.2 Å². The van der Waals surface area contributed by atoms with E-state index in [1.807, 2.05) is 30.5 Å². The molecule has 0 saturated heterocycles. The number of pyridine rings is 1. The van der Waals surface area contributed by atoms with Crippen molar-refractivity contribution in [1.82, 2.24) is 4.98 Å². The molecule has 1 atom stereocenters. The Bertz CT molecular complexity index is 462. The summed E-state index contributed by atoms with van der Waals surface area (Å²) < 4.78 is 1.09. The lowest BCUT2D eigenvalue weighted by Crippen LogP contribution is -1.97. The molecule has 0 bridgehead atoms. The van der Waals surface area contributed by atoms with Gasteiger partial charge in [0.1, 0.15) is 0 Å². The molecule has 0 spiro atoms. The highest BCUT2D eigenvalue weighted by Gasteiger charge is 2.09. The van der Waals surface area contributed by atoms with Gasteiger partial charge in [-0.3, -0.25) is 4.98 Å². The molecule has 0 fully saturated rings. The van der Waals surface area contributed by atoms with E-state index in [1.54, 1.807) is 6.20 Å². The largest absolute Gasteiger partial charge is 0.264 e. The smallest absolute Gasteiger partial charge is 0.0309 e. The summed E-state index contributed by atoms with van der Waals surface area (Å²) in [4.78, 5) is 4.14. The first kappa shape index (κ1) is 11.1. The van der Waals surface area contributed by atoms with Gasteiger partial charge in [0.15, 0.2) is 0 Å². The van der Waals surface area contributed by atoms with Gasteiger partial charge < -0.3 is 0 Å². The van der Waals surface area contributed by atoms with Crippen LogP contribution in [0.15, 0.2) is 65.9 Å². The lowest BCUT2D eigenvalue weighted by molar-refractivity contribution is 1.01. The number of hydrogen-bond acceptors (Lipinski definition) is 1. The second kappa shape index (κ2) is 5.08. The fourth-order valence-corrected chi connectivity index (χ4v) is 1.96. The number of aromatic nitrogens is 1. The van der Waals surface area contributed by atoms with Crippen LogP contribution in [0.3, 0.4) is 0 Å². The maximum atomic E-state index is 4.14. The number of benzene rings is 1. The predicted molar refractivity (Wildman–Crippen MR) is 70.4 cm³/mol. The molecule has 0 aliphatic carbocycles. The van der Waals surface area contributed by atoms with E-state index in [2.05, 4.69) is 45.7 Å². The van der Waals surface area contributed by atoms with Crippen LogP contribution in [0.25, 0.3) is 0 Å². The first-order valence-electron chi connectivity index (χ1n) is 5.09. The van der Waals surface area contributed by atoms with Crippen molar-refractivity contribution in [1.29, 1.82) is 0 Å². The maximum absolute atomic E-state index is 4.14. The van der Waals surface area contributed by atoms with Crippen molar-refractivity contribution in [3.05, 3.63) is 77.0 Å². The molecule has 0 radical (unpaired) electrons. The summed E-state index contributed by atoms with van der Waals surface area (Å²) in [5, 5.41) is 0. The molecular formula is C14H12BrN. The number of nitrogens with zero attached hydrogens (tertiary/aromatic N) is 1. The molecular weight excluding hydrogens is 262 g/mol. The molecule has 1 unspecified atom stereocenters. The Morgan fingerprint density at radius 3 is 2.44 bits per heavy atom. The first-order chi connectivity index (χ1) is 7.81. The minimum atomic E-state index is 0.210. The molecule has 0 aliphatic heterocycles. The van der Waals surface area contributed by atoms with Gasteiger partial charge >= 0.3 is 0 Å². The van der Waals surface area contributed by atoms with Crippen LogP contribution in [0.4, 0.5) is 0 Å². The van der Waals surface area contributed by atoms with E-state index in [4.69, 9.17) is 0 Å². The third kappa shape index (κ3) is 2.39. The number of hydrogen-bond donors (Lipinski definition) is 0. The standard InChI is InChI=1S/C14H12BrN/c1-2-14(12-4-3-9-16-10-12)11-5-7-13(15)8-6-11/h2-10,14H,1H2. The Hall–Kier alpha value is -1.41. The topological polar surface area (TPSA) is 12.9 Å². The zero-order valence-corrected chi connectivity index (χ0v) is 10.4. The summed E-state index contributed by atoms with van der Waals surface area (Å²) >= 11 is 3.43. The van der Waals surface area contributed by atoms with E-state index in [1.165, 1.54) is 11.1 Å². The van der Waals surface area contributed by atoms with Crippen LogP contribution in [0.1, 0.15) is 17.0 Å². The Morgan fingerprint density at radius 2 is 1.88 bits per heavy atom. The molecule has 1 heterocycles. The quantitative estimate of drug-likeness (QED) is 0.766. The molecule has 2 heteroatoms. The van der Waals surface area contributed by atoms with Crippen LogP contribution in [-0.2, 0) is 0 Å². The molecule has 80 valence electrons. The van der Waals surface area contributed by atoms with Gasteiger partial charge in [-0.25, -0.2) is 0 Å². The van der Waals surface area contributed by atoms with Crippen molar-refractivity contribution in [2.75, 3.05) is 0 Å². The summed E-state index contributed by atoms with van der Waals surface area (Å²) in [5.41, 5.74) is 2.39. The van der Waals surface area contributed by atoms with Gasteiger partial charge in [-0.2, -0.15) is 0 Å². The first-order valence-corrected chi connectivity index (χ1v) is 5.88. The number of allylic oxidation sites excluding steroid dienone is 1. The maximum Gasteiger partial charge on any atom is 0.0309 e. The van der Waals surface area contributed by atoms with Crippen LogP contribution in [0.2, 0.25) is 0 Å². The average Bonchev–Trinajstić information content (AvgIpc) is 2.34. The summed E-state index contributed by atoms with van der Waals surface area (Å²) in [6, 6.07) is 12.3. The van der Waals surface area contributed by atoms with Crippen LogP contribution in [0.5, 0.6) is 0 Å². The molecule has 0 N–H and O–H groups in total. The highest BCUT2D eigenvalue weighted by molar-refractivity contribution is 9.10. The molecule has 2 rings (SSSR count). The summed E-state index contributed by atoms with van der Waals surface area (Å²) in [7, 11) is 0. The van der Waals surface area contributed by atoms with E-state index in [0.717, 1.165) is 4.47 Å². The summed E-state index contributed by atoms with van der Waals surface area (Å²) in [6.45, 7) is 3.90. The molecule has 2 aromatic rings. The minimum Gasteiger partial charge on any atom is -0.264 e. The van der Waals surface area contributed by atoms with Crippen molar-refractivity contribution in [3.8, 4) is 0 Å². The highest BCUT2D eigenvalue weighted by atomic mass is 79.9. The van der Waals surface area contributed by atoms with E-state index >= 15 is 0 Å². The van der Waals surface area contributed by atoms with Crippen molar-refractivity contribution < 1.29 is 0 Å². The second-order valence-electron chi connectivity index (χ2n) is 3.55. The third-order valence-corrected chi connectivity index (χ3v) is 3.04. The van der Waals surface area contributed by atoms with Crippen LogP contribution >= 0.6 is 15.9 Å². The van der Waals surface area contributed by atoms with E-state index in [9.17, 15) is 0 Å².